The maximum atomic E-state index is 6.66. The zero-order chi connectivity index (χ0) is 36.8. The van der Waals surface area contributed by atoms with Crippen molar-refractivity contribution < 1.29 is 25.8 Å². The number of hydrogen-bond acceptors (Lipinski definition) is 3. The van der Waals surface area contributed by atoms with Crippen LogP contribution in [0.4, 0.5) is 0 Å². The Bertz CT molecular complexity index is 2390. The van der Waals surface area contributed by atoms with Gasteiger partial charge in [0.1, 0.15) is 5.82 Å². The van der Waals surface area contributed by atoms with Gasteiger partial charge in [0.15, 0.2) is 0 Å². The van der Waals surface area contributed by atoms with Crippen LogP contribution in [-0.2, 0) is 27.5 Å². The largest absolute Gasteiger partial charge is 2.00 e. The van der Waals surface area contributed by atoms with Gasteiger partial charge in [-0.05, 0) is 120 Å². The maximum absolute atomic E-state index is 6.66. The first kappa shape index (κ1) is 38.3. The van der Waals surface area contributed by atoms with E-state index >= 15 is 0 Å². The maximum Gasteiger partial charge on any atom is 2.00 e. The topological polar surface area (TPSA) is 44.9 Å². The van der Waals surface area contributed by atoms with Crippen molar-refractivity contribution >= 4 is 21.8 Å². The van der Waals surface area contributed by atoms with Crippen LogP contribution < -0.4 is 4.74 Å². The molecule has 7 aromatic rings. The van der Waals surface area contributed by atoms with Crippen molar-refractivity contribution in [2.75, 3.05) is 0 Å². The number of hydrogen-bond donors (Lipinski definition) is 0. The molecule has 6 heteroatoms. The van der Waals surface area contributed by atoms with Crippen molar-refractivity contribution in [1.29, 1.82) is 0 Å². The van der Waals surface area contributed by atoms with Crippen LogP contribution in [0.5, 0.6) is 11.5 Å². The van der Waals surface area contributed by atoms with Crippen LogP contribution in [0.25, 0.3) is 44.4 Å². The van der Waals surface area contributed by atoms with E-state index in [1.165, 1.54) is 38.9 Å². The van der Waals surface area contributed by atoms with Gasteiger partial charge in [-0.15, -0.1) is 35.7 Å². The average Bonchev–Trinajstić information content (AvgIpc) is 3.72. The number of benzene rings is 4. The molecule has 5 nitrogen and oxygen atoms in total. The summed E-state index contributed by atoms with van der Waals surface area (Å²) in [5.74, 6) is 3.48. The quantitative estimate of drug-likeness (QED) is 0.129. The van der Waals surface area contributed by atoms with Gasteiger partial charge in [-0.3, -0.25) is 4.68 Å². The molecule has 0 fully saturated rings. The van der Waals surface area contributed by atoms with Crippen LogP contribution in [0.15, 0.2) is 79.3 Å². The van der Waals surface area contributed by atoms with Gasteiger partial charge in [0.2, 0.25) is 0 Å². The molecule has 0 radical (unpaired) electrons. The minimum atomic E-state index is 0. The zero-order valence-corrected chi connectivity index (χ0v) is 34.9. The Labute approximate surface area is 329 Å². The number of para-hydroxylation sites is 1. The monoisotopic (exact) mass is 881 g/mol. The molecule has 3 aromatic heterocycles. The fourth-order valence-corrected chi connectivity index (χ4v) is 7.84. The van der Waals surface area contributed by atoms with Gasteiger partial charge in [-0.25, -0.2) is 4.98 Å². The summed E-state index contributed by atoms with van der Waals surface area (Å²) in [6, 6.07) is 28.2. The van der Waals surface area contributed by atoms with E-state index in [9.17, 15) is 0 Å². The second-order valence-electron chi connectivity index (χ2n) is 15.5. The van der Waals surface area contributed by atoms with Crippen LogP contribution in [-0.4, -0.2) is 19.3 Å². The number of aromatic nitrogens is 4. The molecule has 0 atom stereocenters. The summed E-state index contributed by atoms with van der Waals surface area (Å²) in [5.41, 5.74) is 14.7. The molecule has 0 aliphatic carbocycles. The summed E-state index contributed by atoms with van der Waals surface area (Å²) in [5, 5.41) is 7.22. The van der Waals surface area contributed by atoms with Crippen molar-refractivity contribution in [2.24, 2.45) is 5.92 Å². The Morgan fingerprint density at radius 2 is 1.47 bits per heavy atom. The van der Waals surface area contributed by atoms with Crippen LogP contribution in [0.1, 0.15) is 98.7 Å². The molecule has 274 valence electrons. The molecule has 0 aliphatic rings. The predicted octanol–water partition coefficient (Wildman–Crippen LogP) is 12.5. The third kappa shape index (κ3) is 7.38. The number of fused-ring (bicyclic) bond motifs is 3. The van der Waals surface area contributed by atoms with Crippen molar-refractivity contribution in [3.8, 4) is 34.1 Å². The van der Waals surface area contributed by atoms with E-state index in [1.807, 2.05) is 29.2 Å². The summed E-state index contributed by atoms with van der Waals surface area (Å²) in [7, 11) is 0. The predicted molar refractivity (Wildman–Crippen MR) is 216 cm³/mol. The Kier molecular flexibility index (Phi) is 11.2. The van der Waals surface area contributed by atoms with Crippen LogP contribution in [0, 0.1) is 45.7 Å². The fraction of sp³-hybridized carbons (Fsp3) is 0.319. The zero-order valence-electron chi connectivity index (χ0n) is 32.7. The number of aryl methyl sites for hydroxylation is 2. The first-order chi connectivity index (χ1) is 24.9. The van der Waals surface area contributed by atoms with Gasteiger partial charge in [0, 0.05) is 35.0 Å². The molecule has 0 saturated heterocycles. The molecule has 0 N–H and O–H groups in total. The Morgan fingerprint density at radius 3 is 2.15 bits per heavy atom. The van der Waals surface area contributed by atoms with Gasteiger partial charge >= 0.3 is 21.1 Å². The summed E-state index contributed by atoms with van der Waals surface area (Å²) < 4.78 is 10.8. The second-order valence-corrected chi connectivity index (χ2v) is 15.5. The van der Waals surface area contributed by atoms with Crippen molar-refractivity contribution in [3.05, 3.63) is 130 Å². The third-order valence-electron chi connectivity index (χ3n) is 10.6. The molecule has 3 heterocycles. The van der Waals surface area contributed by atoms with E-state index in [4.69, 9.17) is 14.8 Å². The molecule has 0 amide bonds. The van der Waals surface area contributed by atoms with Crippen molar-refractivity contribution in [3.63, 3.8) is 0 Å². The van der Waals surface area contributed by atoms with E-state index in [2.05, 4.69) is 141 Å². The molecular weight excluding hydrogens is 832 g/mol. The SMILES string of the molecule is Cc1ccnc(-n2c3[c-]c(Oc4[c-]c(-n5cc(-c6c(C(C)C)c(C)c(C)c(C)c6C(C)C)cn5)cc(CCC(C)C)c4)ccc3c3ccccc32)c1.[Pt+2]. The molecule has 0 unspecified atom stereocenters. The molecule has 0 bridgehead atoms. The standard InChI is InChI=1S/C47H50N4O.Pt/c1-28(2)15-16-35-22-37(50-27-36(26-49-50)47-45(29(3)4)33(9)32(8)34(10)46(47)30(5)6)24-39(23-35)52-38-17-18-41-40-13-11-12-14-42(40)51(43(41)25-38)44-21-31(7)19-20-48-44;/h11-14,17-23,26-30H,15-16H2,1-10H3;/q-2;+2. The first-order valence-corrected chi connectivity index (χ1v) is 18.7. The van der Waals surface area contributed by atoms with Crippen LogP contribution in [0.3, 0.4) is 0 Å². The average molecular weight is 882 g/mol. The Hall–Kier alpha value is -4.47. The molecule has 0 spiro atoms. The fourth-order valence-electron chi connectivity index (χ4n) is 7.84. The van der Waals surface area contributed by atoms with Gasteiger partial charge < -0.3 is 9.30 Å². The van der Waals surface area contributed by atoms with E-state index in [1.54, 1.807) is 0 Å². The smallest absolute Gasteiger partial charge is 0.509 e. The summed E-state index contributed by atoms with van der Waals surface area (Å²) in [4.78, 5) is 4.74. The van der Waals surface area contributed by atoms with Gasteiger partial charge in [-0.1, -0.05) is 71.7 Å². The number of ether oxygens (including phenoxy) is 1. The van der Waals surface area contributed by atoms with E-state index in [0.717, 1.165) is 57.3 Å². The Morgan fingerprint density at radius 1 is 0.755 bits per heavy atom. The number of pyridine rings is 1. The van der Waals surface area contributed by atoms with E-state index < -0.39 is 0 Å². The summed E-state index contributed by atoms with van der Waals surface area (Å²) >= 11 is 0. The van der Waals surface area contributed by atoms with Gasteiger partial charge in [0.25, 0.3) is 0 Å². The minimum absolute atomic E-state index is 0. The van der Waals surface area contributed by atoms with Gasteiger partial charge in [-0.2, -0.15) is 16.7 Å². The van der Waals surface area contributed by atoms with Crippen molar-refractivity contribution in [1.82, 2.24) is 19.3 Å². The summed E-state index contributed by atoms with van der Waals surface area (Å²) in [6.07, 6.45) is 8.07. The molecule has 53 heavy (non-hydrogen) atoms. The van der Waals surface area contributed by atoms with E-state index in [0.29, 0.717) is 29.3 Å². The van der Waals surface area contributed by atoms with Crippen LogP contribution >= 0.6 is 0 Å². The van der Waals surface area contributed by atoms with E-state index in [-0.39, 0.29) is 21.1 Å². The summed E-state index contributed by atoms with van der Waals surface area (Å²) in [6.45, 7) is 22.6. The second kappa shape index (κ2) is 15.5. The third-order valence-corrected chi connectivity index (χ3v) is 10.6. The molecule has 0 saturated carbocycles. The van der Waals surface area contributed by atoms with Crippen LogP contribution in [0.2, 0.25) is 0 Å². The number of rotatable bonds is 10. The Balaban J connectivity index is 0.00000481. The minimum Gasteiger partial charge on any atom is -0.509 e. The molecular formula is C47H50N4OPt. The van der Waals surface area contributed by atoms with Gasteiger partial charge in [0.05, 0.1) is 6.20 Å². The molecule has 0 aliphatic heterocycles. The molecule has 4 aromatic carbocycles. The normalized spacial score (nSPS) is 11.7. The van der Waals surface area contributed by atoms with Crippen molar-refractivity contribution in [2.45, 2.75) is 93.9 Å². The number of nitrogens with zero attached hydrogens (tertiary/aromatic N) is 4. The first-order valence-electron chi connectivity index (χ1n) is 18.7. The molecule has 7 rings (SSSR count).